The van der Waals surface area contributed by atoms with Crippen LogP contribution in [0.2, 0.25) is 5.02 Å². The summed E-state index contributed by atoms with van der Waals surface area (Å²) in [5.74, 6) is 1.78. The summed E-state index contributed by atoms with van der Waals surface area (Å²) in [6, 6.07) is 5.87. The monoisotopic (exact) mass is 278 g/mol. The number of benzene rings is 1. The van der Waals surface area contributed by atoms with Gasteiger partial charge in [0, 0.05) is 12.8 Å². The molecule has 4 nitrogen and oxygen atoms in total. The number of nitrogens with zero attached hydrogens (tertiary/aromatic N) is 3. The van der Waals surface area contributed by atoms with Crippen LogP contribution in [0.4, 0.5) is 0 Å². The summed E-state index contributed by atoms with van der Waals surface area (Å²) in [5.41, 5.74) is 7.70. The lowest BCUT2D eigenvalue weighted by atomic mass is 10.1. The van der Waals surface area contributed by atoms with Crippen LogP contribution in [0.25, 0.3) is 5.69 Å². The van der Waals surface area contributed by atoms with Crippen molar-refractivity contribution in [3.63, 3.8) is 0 Å². The molecule has 1 aromatic heterocycles. The van der Waals surface area contributed by atoms with E-state index >= 15 is 0 Å². The van der Waals surface area contributed by atoms with Crippen LogP contribution in [0, 0.1) is 0 Å². The molecule has 0 aliphatic carbocycles. The Bertz CT molecular complexity index is 563. The lowest BCUT2D eigenvalue weighted by molar-refractivity contribution is 0.777. The van der Waals surface area contributed by atoms with Gasteiger partial charge in [-0.15, -0.1) is 0 Å². The zero-order valence-electron chi connectivity index (χ0n) is 11.4. The van der Waals surface area contributed by atoms with Crippen molar-refractivity contribution in [2.24, 2.45) is 5.73 Å². The van der Waals surface area contributed by atoms with Crippen molar-refractivity contribution in [2.75, 3.05) is 6.54 Å². The molecule has 2 aromatic rings. The van der Waals surface area contributed by atoms with Crippen molar-refractivity contribution in [1.82, 2.24) is 14.8 Å². The molecule has 19 heavy (non-hydrogen) atoms. The maximum absolute atomic E-state index is 6.35. The van der Waals surface area contributed by atoms with Crippen LogP contribution < -0.4 is 5.73 Å². The number of halogens is 1. The van der Waals surface area contributed by atoms with Crippen LogP contribution in [0.5, 0.6) is 0 Å². The number of aryl methyl sites for hydroxylation is 2. The standard InChI is InChI=1S/C14H19ClN4/c1-3-12-17-13(4-2)19(18-12)14-10(8-9-16)6-5-7-11(14)15/h5-7H,3-4,8-9,16H2,1-2H3. The highest BCUT2D eigenvalue weighted by atomic mass is 35.5. The highest BCUT2D eigenvalue weighted by Crippen LogP contribution is 2.25. The Morgan fingerprint density at radius 2 is 2.05 bits per heavy atom. The summed E-state index contributed by atoms with van der Waals surface area (Å²) in [6.45, 7) is 4.70. The Hall–Kier alpha value is -1.39. The first-order valence-corrected chi connectivity index (χ1v) is 7.01. The summed E-state index contributed by atoms with van der Waals surface area (Å²) in [6.07, 6.45) is 2.41. The fourth-order valence-corrected chi connectivity index (χ4v) is 2.38. The molecule has 0 fully saturated rings. The molecule has 0 aliphatic rings. The van der Waals surface area contributed by atoms with Gasteiger partial charge in [-0.1, -0.05) is 37.6 Å². The lowest BCUT2D eigenvalue weighted by Gasteiger charge is -2.12. The van der Waals surface area contributed by atoms with Gasteiger partial charge in [0.15, 0.2) is 5.82 Å². The number of nitrogens with two attached hydrogens (primary N) is 1. The molecule has 5 heteroatoms. The topological polar surface area (TPSA) is 56.7 Å². The van der Waals surface area contributed by atoms with E-state index in [1.807, 2.05) is 29.8 Å². The number of para-hydroxylation sites is 1. The fourth-order valence-electron chi connectivity index (χ4n) is 2.10. The molecule has 2 N–H and O–H groups in total. The van der Waals surface area contributed by atoms with Crippen molar-refractivity contribution in [2.45, 2.75) is 33.1 Å². The zero-order valence-corrected chi connectivity index (χ0v) is 12.1. The van der Waals surface area contributed by atoms with Crippen LogP contribution in [0.3, 0.4) is 0 Å². The minimum Gasteiger partial charge on any atom is -0.330 e. The van der Waals surface area contributed by atoms with Crippen molar-refractivity contribution < 1.29 is 0 Å². The van der Waals surface area contributed by atoms with Crippen LogP contribution in [0.1, 0.15) is 31.1 Å². The molecule has 0 radical (unpaired) electrons. The second-order valence-electron chi connectivity index (χ2n) is 4.35. The molecule has 0 unspecified atom stereocenters. The van der Waals surface area contributed by atoms with Crippen molar-refractivity contribution >= 4 is 11.6 Å². The van der Waals surface area contributed by atoms with Crippen LogP contribution in [-0.4, -0.2) is 21.3 Å². The SMILES string of the molecule is CCc1nc(CC)n(-c2c(Cl)cccc2CCN)n1. The highest BCUT2D eigenvalue weighted by molar-refractivity contribution is 6.32. The lowest BCUT2D eigenvalue weighted by Crippen LogP contribution is -2.10. The second kappa shape index (κ2) is 6.17. The maximum atomic E-state index is 6.35. The van der Waals surface area contributed by atoms with Crippen molar-refractivity contribution in [1.29, 1.82) is 0 Å². The first-order chi connectivity index (χ1) is 9.21. The number of rotatable bonds is 5. The third kappa shape index (κ3) is 2.80. The molecule has 1 heterocycles. The van der Waals surface area contributed by atoms with Gasteiger partial charge in [0.2, 0.25) is 0 Å². The van der Waals surface area contributed by atoms with E-state index in [-0.39, 0.29) is 0 Å². The average molecular weight is 279 g/mol. The minimum atomic E-state index is 0.587. The fraction of sp³-hybridized carbons (Fsp3) is 0.429. The molecule has 0 saturated heterocycles. The second-order valence-corrected chi connectivity index (χ2v) is 4.76. The molecule has 0 amide bonds. The Morgan fingerprint density at radius 1 is 1.26 bits per heavy atom. The Morgan fingerprint density at radius 3 is 2.68 bits per heavy atom. The van der Waals surface area contributed by atoms with Gasteiger partial charge in [0.05, 0.1) is 10.7 Å². The minimum absolute atomic E-state index is 0.587. The molecule has 0 atom stereocenters. The molecule has 102 valence electrons. The summed E-state index contributed by atoms with van der Waals surface area (Å²) < 4.78 is 1.87. The smallest absolute Gasteiger partial charge is 0.151 e. The largest absolute Gasteiger partial charge is 0.330 e. The Kier molecular flexibility index (Phi) is 4.56. The van der Waals surface area contributed by atoms with Gasteiger partial charge < -0.3 is 5.73 Å². The normalized spacial score (nSPS) is 10.9. The molecule has 1 aromatic carbocycles. The number of aromatic nitrogens is 3. The van der Waals surface area contributed by atoms with Gasteiger partial charge in [0.25, 0.3) is 0 Å². The maximum Gasteiger partial charge on any atom is 0.151 e. The van der Waals surface area contributed by atoms with Gasteiger partial charge >= 0.3 is 0 Å². The van der Waals surface area contributed by atoms with Crippen LogP contribution in [-0.2, 0) is 19.3 Å². The summed E-state index contributed by atoms with van der Waals surface area (Å²) in [4.78, 5) is 4.53. The van der Waals surface area contributed by atoms with E-state index < -0.39 is 0 Å². The Balaban J connectivity index is 2.60. The first kappa shape index (κ1) is 14.0. The van der Waals surface area contributed by atoms with Gasteiger partial charge in [-0.3, -0.25) is 0 Å². The van der Waals surface area contributed by atoms with E-state index in [9.17, 15) is 0 Å². The third-order valence-corrected chi connectivity index (χ3v) is 3.35. The van der Waals surface area contributed by atoms with Crippen LogP contribution in [0.15, 0.2) is 18.2 Å². The summed E-state index contributed by atoms with van der Waals surface area (Å²) in [7, 11) is 0. The van der Waals surface area contributed by atoms with Crippen molar-refractivity contribution in [3.8, 4) is 5.69 Å². The molecule has 0 bridgehead atoms. The summed E-state index contributed by atoms with van der Waals surface area (Å²) in [5, 5.41) is 5.24. The van der Waals surface area contributed by atoms with Gasteiger partial charge in [0.1, 0.15) is 5.82 Å². The van der Waals surface area contributed by atoms with E-state index in [0.29, 0.717) is 11.6 Å². The van der Waals surface area contributed by atoms with Crippen molar-refractivity contribution in [3.05, 3.63) is 40.4 Å². The average Bonchev–Trinajstić information content (AvgIpc) is 2.82. The Labute approximate surface area is 118 Å². The molecular weight excluding hydrogens is 260 g/mol. The molecule has 0 spiro atoms. The highest BCUT2D eigenvalue weighted by Gasteiger charge is 2.15. The van der Waals surface area contributed by atoms with E-state index in [0.717, 1.165) is 42.2 Å². The predicted molar refractivity (Wildman–Crippen MR) is 77.9 cm³/mol. The quantitative estimate of drug-likeness (QED) is 0.914. The zero-order chi connectivity index (χ0) is 13.8. The molecule has 2 rings (SSSR count). The number of hydrogen-bond acceptors (Lipinski definition) is 3. The first-order valence-electron chi connectivity index (χ1n) is 6.63. The van der Waals surface area contributed by atoms with E-state index in [4.69, 9.17) is 17.3 Å². The number of hydrogen-bond donors (Lipinski definition) is 1. The van der Waals surface area contributed by atoms with E-state index in [1.54, 1.807) is 0 Å². The van der Waals surface area contributed by atoms with Gasteiger partial charge in [-0.05, 0) is 24.6 Å². The molecule has 0 aliphatic heterocycles. The third-order valence-electron chi connectivity index (χ3n) is 3.05. The van der Waals surface area contributed by atoms with E-state index in [2.05, 4.69) is 17.0 Å². The molecular formula is C14H19ClN4. The molecule has 0 saturated carbocycles. The summed E-state index contributed by atoms with van der Waals surface area (Å²) >= 11 is 6.35. The predicted octanol–water partition coefficient (Wildman–Crippen LogP) is 2.55. The van der Waals surface area contributed by atoms with Crippen LogP contribution >= 0.6 is 11.6 Å². The van der Waals surface area contributed by atoms with Gasteiger partial charge in [-0.2, -0.15) is 5.10 Å². The van der Waals surface area contributed by atoms with Gasteiger partial charge in [-0.25, -0.2) is 9.67 Å². The van der Waals surface area contributed by atoms with E-state index in [1.165, 1.54) is 0 Å².